The van der Waals surface area contributed by atoms with Gasteiger partial charge in [0.05, 0.1) is 12.1 Å². The summed E-state index contributed by atoms with van der Waals surface area (Å²) in [5, 5.41) is 13.0. The van der Waals surface area contributed by atoms with E-state index in [0.29, 0.717) is 6.04 Å². The first-order valence-electron chi connectivity index (χ1n) is 7.25. The van der Waals surface area contributed by atoms with Gasteiger partial charge in [0, 0.05) is 19.1 Å². The summed E-state index contributed by atoms with van der Waals surface area (Å²) in [6.07, 6.45) is 3.73. The van der Waals surface area contributed by atoms with Crippen molar-refractivity contribution in [3.05, 3.63) is 0 Å². The zero-order chi connectivity index (χ0) is 13.6. The lowest BCUT2D eigenvalue weighted by Gasteiger charge is -2.35. The van der Waals surface area contributed by atoms with E-state index >= 15 is 0 Å². The summed E-state index contributed by atoms with van der Waals surface area (Å²) in [4.78, 5) is 4.80. The highest BCUT2D eigenvalue weighted by atomic mass is 16.3. The van der Waals surface area contributed by atoms with Crippen LogP contribution in [0.5, 0.6) is 0 Å². The number of hydrogen-bond donors (Lipinski definition) is 2. The molecule has 1 saturated heterocycles. The Morgan fingerprint density at radius 1 is 1.50 bits per heavy atom. The Labute approximate surface area is 112 Å². The van der Waals surface area contributed by atoms with E-state index in [9.17, 15) is 5.11 Å². The summed E-state index contributed by atoms with van der Waals surface area (Å²) in [5.74, 6) is 0. The normalized spacial score (nSPS) is 24.7. The molecule has 18 heavy (non-hydrogen) atoms. The van der Waals surface area contributed by atoms with E-state index in [2.05, 4.69) is 43.1 Å². The smallest absolute Gasteiger partial charge is 0.0623 e. The molecule has 1 heterocycles. The van der Waals surface area contributed by atoms with Crippen molar-refractivity contribution in [2.45, 2.75) is 44.7 Å². The van der Waals surface area contributed by atoms with Crippen LogP contribution < -0.4 is 5.32 Å². The van der Waals surface area contributed by atoms with Crippen molar-refractivity contribution in [2.75, 3.05) is 46.9 Å². The zero-order valence-electron chi connectivity index (χ0n) is 12.6. The van der Waals surface area contributed by atoms with Crippen LogP contribution in [0.1, 0.15) is 33.1 Å². The molecule has 2 unspecified atom stereocenters. The Hall–Kier alpha value is -0.160. The molecule has 0 saturated carbocycles. The van der Waals surface area contributed by atoms with Crippen LogP contribution in [0.4, 0.5) is 0 Å². The van der Waals surface area contributed by atoms with E-state index in [1.165, 1.54) is 19.4 Å². The Bertz CT molecular complexity index is 237. The number of nitrogens with one attached hydrogen (secondary N) is 1. The largest absolute Gasteiger partial charge is 0.394 e. The van der Waals surface area contributed by atoms with E-state index in [1.807, 2.05) is 0 Å². The van der Waals surface area contributed by atoms with Crippen molar-refractivity contribution in [2.24, 2.45) is 0 Å². The maximum absolute atomic E-state index is 9.57. The van der Waals surface area contributed by atoms with E-state index in [0.717, 1.165) is 26.1 Å². The lowest BCUT2D eigenvalue weighted by atomic mass is 10.0. The summed E-state index contributed by atoms with van der Waals surface area (Å²) in [5.41, 5.74) is -0.179. The third kappa shape index (κ3) is 4.84. The Kier molecular flexibility index (Phi) is 6.57. The summed E-state index contributed by atoms with van der Waals surface area (Å²) < 4.78 is 0. The molecule has 0 aromatic carbocycles. The highest BCUT2D eigenvalue weighted by molar-refractivity contribution is 4.87. The quantitative estimate of drug-likeness (QED) is 0.673. The molecule has 1 aliphatic heterocycles. The summed E-state index contributed by atoms with van der Waals surface area (Å²) in [6, 6.07) is 0.684. The number of aliphatic hydroxyl groups excluding tert-OH is 1. The average molecular weight is 257 g/mol. The highest BCUT2D eigenvalue weighted by Crippen LogP contribution is 2.16. The van der Waals surface area contributed by atoms with Gasteiger partial charge in [-0.3, -0.25) is 0 Å². The first kappa shape index (κ1) is 15.9. The van der Waals surface area contributed by atoms with Gasteiger partial charge in [-0.15, -0.1) is 0 Å². The summed E-state index contributed by atoms with van der Waals surface area (Å²) in [6.45, 7) is 8.64. The number of likely N-dealkylation sites (tertiary alicyclic amines) is 1. The van der Waals surface area contributed by atoms with Gasteiger partial charge in [-0.25, -0.2) is 0 Å². The molecule has 2 N–H and O–H groups in total. The van der Waals surface area contributed by atoms with E-state index in [-0.39, 0.29) is 12.1 Å². The van der Waals surface area contributed by atoms with E-state index in [4.69, 9.17) is 0 Å². The molecule has 0 aromatic heterocycles. The molecular weight excluding hydrogens is 226 g/mol. The molecule has 108 valence electrons. The van der Waals surface area contributed by atoms with Crippen LogP contribution in [-0.2, 0) is 0 Å². The van der Waals surface area contributed by atoms with Gasteiger partial charge in [-0.2, -0.15) is 0 Å². The first-order chi connectivity index (χ1) is 8.50. The molecule has 2 atom stereocenters. The predicted molar refractivity (Wildman–Crippen MR) is 76.9 cm³/mol. The minimum Gasteiger partial charge on any atom is -0.394 e. The van der Waals surface area contributed by atoms with Crippen LogP contribution in [0.3, 0.4) is 0 Å². The van der Waals surface area contributed by atoms with Crippen molar-refractivity contribution in [3.8, 4) is 0 Å². The number of nitrogens with zero attached hydrogens (tertiary/aromatic N) is 2. The van der Waals surface area contributed by atoms with Gasteiger partial charge in [0.15, 0.2) is 0 Å². The fourth-order valence-corrected chi connectivity index (χ4v) is 2.82. The van der Waals surface area contributed by atoms with Gasteiger partial charge >= 0.3 is 0 Å². The second-order valence-corrected chi connectivity index (χ2v) is 6.12. The third-order valence-corrected chi connectivity index (χ3v) is 3.96. The maximum atomic E-state index is 9.57. The van der Waals surface area contributed by atoms with Gasteiger partial charge in [-0.05, 0) is 53.4 Å². The fourth-order valence-electron chi connectivity index (χ4n) is 2.82. The molecule has 0 spiro atoms. The number of rotatable bonds is 8. The number of aliphatic hydroxyl groups is 1. The van der Waals surface area contributed by atoms with Gasteiger partial charge < -0.3 is 20.2 Å². The van der Waals surface area contributed by atoms with Crippen molar-refractivity contribution in [1.29, 1.82) is 0 Å². The van der Waals surface area contributed by atoms with Crippen LogP contribution in [0, 0.1) is 0 Å². The van der Waals surface area contributed by atoms with Gasteiger partial charge in [0.25, 0.3) is 0 Å². The molecule has 4 heteroatoms. The van der Waals surface area contributed by atoms with Crippen LogP contribution in [0.2, 0.25) is 0 Å². The second kappa shape index (κ2) is 7.43. The predicted octanol–water partition coefficient (Wildman–Crippen LogP) is 0.763. The molecule has 4 nitrogen and oxygen atoms in total. The molecule has 0 amide bonds. The molecule has 0 aromatic rings. The molecule has 0 aliphatic carbocycles. The van der Waals surface area contributed by atoms with Crippen LogP contribution in [0.15, 0.2) is 0 Å². The lowest BCUT2D eigenvalue weighted by Crippen LogP contribution is -2.54. The Balaban J connectivity index is 2.38. The molecule has 1 rings (SSSR count). The SMILES string of the molecule is CCCNC(C)(CO)CN(C)CC1CCCN1C. The average Bonchev–Trinajstić information content (AvgIpc) is 2.72. The maximum Gasteiger partial charge on any atom is 0.0623 e. The minimum absolute atomic E-state index is 0.179. The standard InChI is InChI=1S/C14H31N3O/c1-5-8-15-14(2,12-18)11-16(3)10-13-7-6-9-17(13)4/h13,15,18H,5-12H2,1-4H3. The van der Waals surface area contributed by atoms with Crippen molar-refractivity contribution >= 4 is 0 Å². The van der Waals surface area contributed by atoms with Crippen molar-refractivity contribution in [1.82, 2.24) is 15.1 Å². The molecule has 1 fully saturated rings. The van der Waals surface area contributed by atoms with Gasteiger partial charge in [0.1, 0.15) is 0 Å². The van der Waals surface area contributed by atoms with Crippen LogP contribution >= 0.6 is 0 Å². The van der Waals surface area contributed by atoms with Gasteiger partial charge in [-0.1, -0.05) is 6.92 Å². The van der Waals surface area contributed by atoms with Crippen LogP contribution in [-0.4, -0.2) is 73.4 Å². The summed E-state index contributed by atoms with van der Waals surface area (Å²) >= 11 is 0. The lowest BCUT2D eigenvalue weighted by molar-refractivity contribution is 0.119. The third-order valence-electron chi connectivity index (χ3n) is 3.96. The second-order valence-electron chi connectivity index (χ2n) is 6.12. The topological polar surface area (TPSA) is 38.7 Å². The Morgan fingerprint density at radius 3 is 2.72 bits per heavy atom. The van der Waals surface area contributed by atoms with E-state index in [1.54, 1.807) is 0 Å². The highest BCUT2D eigenvalue weighted by Gasteiger charge is 2.27. The molecule has 0 bridgehead atoms. The molecule has 1 aliphatic rings. The minimum atomic E-state index is -0.179. The number of likely N-dealkylation sites (N-methyl/N-ethyl adjacent to an activating group) is 2. The number of hydrogen-bond acceptors (Lipinski definition) is 4. The van der Waals surface area contributed by atoms with E-state index < -0.39 is 0 Å². The van der Waals surface area contributed by atoms with Crippen molar-refractivity contribution < 1.29 is 5.11 Å². The van der Waals surface area contributed by atoms with Crippen LogP contribution in [0.25, 0.3) is 0 Å². The summed E-state index contributed by atoms with van der Waals surface area (Å²) in [7, 11) is 4.37. The molecule has 0 radical (unpaired) electrons. The first-order valence-corrected chi connectivity index (χ1v) is 7.25. The molecular formula is C14H31N3O. The van der Waals surface area contributed by atoms with Gasteiger partial charge in [0.2, 0.25) is 0 Å². The fraction of sp³-hybridized carbons (Fsp3) is 1.00. The Morgan fingerprint density at radius 2 is 2.22 bits per heavy atom. The monoisotopic (exact) mass is 257 g/mol. The van der Waals surface area contributed by atoms with Crippen molar-refractivity contribution in [3.63, 3.8) is 0 Å². The zero-order valence-corrected chi connectivity index (χ0v) is 12.6.